The van der Waals surface area contributed by atoms with Gasteiger partial charge < -0.3 is 10.4 Å². The van der Waals surface area contributed by atoms with Crippen molar-refractivity contribution in [2.75, 3.05) is 0 Å². The summed E-state index contributed by atoms with van der Waals surface area (Å²) in [7, 11) is 0. The van der Waals surface area contributed by atoms with Gasteiger partial charge in [-0.05, 0) is 29.7 Å². The van der Waals surface area contributed by atoms with E-state index in [1.165, 1.54) is 70.6 Å². The third-order valence-corrected chi connectivity index (χ3v) is 5.83. The first kappa shape index (κ1) is 28.7. The molecule has 0 aromatic carbocycles. The number of nitrogens with zero attached hydrogens (tertiary/aromatic N) is 3. The van der Waals surface area contributed by atoms with Gasteiger partial charge in [-0.1, -0.05) is 83.5 Å². The van der Waals surface area contributed by atoms with Gasteiger partial charge in [0.05, 0.1) is 6.04 Å². The van der Waals surface area contributed by atoms with Crippen LogP contribution in [-0.2, 0) is 20.8 Å². The zero-order valence-corrected chi connectivity index (χ0v) is 20.0. The molecular weight excluding hydrogens is 422 g/mol. The zero-order chi connectivity index (χ0) is 24.0. The molecule has 1 atom stereocenters. The maximum Gasteiger partial charge on any atom is 0.303 e. The first-order valence-corrected chi connectivity index (χ1v) is 12.7. The molecule has 0 aliphatic heterocycles. The third-order valence-electron chi connectivity index (χ3n) is 5.83. The summed E-state index contributed by atoms with van der Waals surface area (Å²) in [6, 6.07) is -0.817. The smallest absolute Gasteiger partial charge is 0.303 e. The number of carbonyl (C=O) groups is 2. The summed E-state index contributed by atoms with van der Waals surface area (Å²) in [5.41, 5.74) is 0. The van der Waals surface area contributed by atoms with Gasteiger partial charge in [0.1, 0.15) is 5.82 Å². The highest BCUT2D eigenvalue weighted by Gasteiger charge is 2.13. The van der Waals surface area contributed by atoms with E-state index in [2.05, 4.69) is 25.9 Å². The van der Waals surface area contributed by atoms with Crippen molar-refractivity contribution in [3.8, 4) is 0 Å². The normalized spacial score (nSPS) is 11.9. The van der Waals surface area contributed by atoms with Crippen molar-refractivity contribution in [2.24, 2.45) is 0 Å². The molecule has 9 heteroatoms. The summed E-state index contributed by atoms with van der Waals surface area (Å²) in [6.45, 7) is 0. The van der Waals surface area contributed by atoms with Crippen molar-refractivity contribution in [1.82, 2.24) is 25.9 Å². The van der Waals surface area contributed by atoms with Gasteiger partial charge in [0.25, 0.3) is 0 Å². The number of rotatable bonds is 23. The number of aliphatic carboxylic acids is 1. The first-order valence-electron chi connectivity index (χ1n) is 12.7. The van der Waals surface area contributed by atoms with Crippen LogP contribution in [0.25, 0.3) is 0 Å². The van der Waals surface area contributed by atoms with Crippen LogP contribution in [0, 0.1) is 0 Å². The Morgan fingerprint density at radius 3 is 1.79 bits per heavy atom. The Kier molecular flexibility index (Phi) is 17.7. The standard InChI is InChI=1S/C24H42N5O4/c30-20-21(18-19-24(32)33)25-23(31)17-15-13-11-9-7-5-3-1-2-4-6-8-10-12-14-16-22-26-28-29-27-22/h21H,1-19H2,(H,25,31)(H,32,33)(H,26,27,28,29)/t21-/m0/s1. The molecular formula is C24H42N5O4. The second-order valence-electron chi connectivity index (χ2n) is 8.82. The zero-order valence-electron chi connectivity index (χ0n) is 20.0. The summed E-state index contributed by atoms with van der Waals surface area (Å²) in [6.07, 6.45) is 21.3. The Balaban J connectivity index is 1.77. The highest BCUT2D eigenvalue weighted by molar-refractivity contribution is 5.80. The first-order chi connectivity index (χ1) is 16.1. The molecule has 0 unspecified atom stereocenters. The lowest BCUT2D eigenvalue weighted by Gasteiger charge is -2.10. The second kappa shape index (κ2) is 20.3. The summed E-state index contributed by atoms with van der Waals surface area (Å²) in [5.74, 6) is -0.292. The molecule has 0 aliphatic carbocycles. The lowest BCUT2D eigenvalue weighted by atomic mass is 10.0. The molecule has 1 amide bonds. The molecule has 1 heterocycles. The number of carboxylic acid groups (broad SMARTS) is 1. The van der Waals surface area contributed by atoms with E-state index in [4.69, 9.17) is 5.11 Å². The number of hydrogen-bond donors (Lipinski definition) is 3. The molecule has 9 nitrogen and oxygen atoms in total. The van der Waals surface area contributed by atoms with Crippen LogP contribution in [0.5, 0.6) is 0 Å². The number of H-pyrrole nitrogens is 1. The number of carboxylic acids is 1. The molecule has 0 saturated heterocycles. The van der Waals surface area contributed by atoms with Crippen LogP contribution < -0.4 is 5.32 Å². The van der Waals surface area contributed by atoms with Gasteiger partial charge in [0.15, 0.2) is 0 Å². The molecule has 0 bridgehead atoms. The molecule has 0 saturated carbocycles. The topological polar surface area (TPSA) is 138 Å². The van der Waals surface area contributed by atoms with E-state index in [1.54, 1.807) is 6.29 Å². The molecule has 187 valence electrons. The number of nitrogens with one attached hydrogen (secondary N) is 2. The minimum atomic E-state index is -0.982. The molecule has 0 spiro atoms. The number of amides is 1. The van der Waals surface area contributed by atoms with Crippen molar-refractivity contribution in [3.05, 3.63) is 5.82 Å². The van der Waals surface area contributed by atoms with Gasteiger partial charge >= 0.3 is 5.97 Å². The van der Waals surface area contributed by atoms with Gasteiger partial charge in [0.2, 0.25) is 12.2 Å². The Labute approximate surface area is 197 Å². The van der Waals surface area contributed by atoms with Crippen LogP contribution in [-0.4, -0.2) is 49.9 Å². The van der Waals surface area contributed by atoms with Crippen molar-refractivity contribution in [2.45, 2.75) is 128 Å². The maximum absolute atomic E-state index is 11.8. The molecule has 0 fully saturated rings. The Hall–Kier alpha value is -2.32. The predicted molar refractivity (Wildman–Crippen MR) is 126 cm³/mol. The molecule has 1 aromatic rings. The maximum atomic E-state index is 11.8. The van der Waals surface area contributed by atoms with Crippen LogP contribution in [0.4, 0.5) is 0 Å². The third kappa shape index (κ3) is 17.9. The van der Waals surface area contributed by atoms with Crippen LogP contribution in [0.3, 0.4) is 0 Å². The monoisotopic (exact) mass is 464 g/mol. The molecule has 3 N–H and O–H groups in total. The Morgan fingerprint density at radius 1 is 0.818 bits per heavy atom. The number of aromatic nitrogens is 4. The van der Waals surface area contributed by atoms with Crippen LogP contribution in [0.1, 0.15) is 121 Å². The van der Waals surface area contributed by atoms with E-state index in [0.29, 0.717) is 6.42 Å². The second-order valence-corrected chi connectivity index (χ2v) is 8.82. The fraction of sp³-hybridized carbons (Fsp3) is 0.833. The summed E-state index contributed by atoms with van der Waals surface area (Å²) in [4.78, 5) is 33.1. The van der Waals surface area contributed by atoms with Crippen molar-refractivity contribution < 1.29 is 19.5 Å². The molecule has 1 rings (SSSR count). The van der Waals surface area contributed by atoms with Crippen LogP contribution in [0.15, 0.2) is 0 Å². The van der Waals surface area contributed by atoms with Gasteiger partial charge in [-0.2, -0.15) is 0 Å². The molecule has 1 aromatic heterocycles. The van der Waals surface area contributed by atoms with E-state index in [9.17, 15) is 14.4 Å². The predicted octanol–water partition coefficient (Wildman–Crippen LogP) is 4.44. The van der Waals surface area contributed by atoms with E-state index in [-0.39, 0.29) is 18.7 Å². The van der Waals surface area contributed by atoms with Crippen molar-refractivity contribution in [1.29, 1.82) is 0 Å². The SMILES string of the molecule is O=[C][C@H](CCC(=O)O)NC(=O)CCCCCCCCCCCCCCCCCc1nnn[nH]1. The highest BCUT2D eigenvalue weighted by atomic mass is 16.4. The summed E-state index contributed by atoms with van der Waals surface area (Å²) >= 11 is 0. The lowest BCUT2D eigenvalue weighted by molar-refractivity contribution is -0.137. The number of unbranched alkanes of at least 4 members (excludes halogenated alkanes) is 14. The van der Waals surface area contributed by atoms with Gasteiger partial charge in [-0.3, -0.25) is 14.4 Å². The largest absolute Gasteiger partial charge is 0.481 e. The lowest BCUT2D eigenvalue weighted by Crippen LogP contribution is -2.36. The van der Waals surface area contributed by atoms with Crippen molar-refractivity contribution in [3.63, 3.8) is 0 Å². The number of hydrogen-bond acceptors (Lipinski definition) is 6. The fourth-order valence-corrected chi connectivity index (χ4v) is 3.86. The average molecular weight is 465 g/mol. The van der Waals surface area contributed by atoms with Crippen LogP contribution >= 0.6 is 0 Å². The van der Waals surface area contributed by atoms with Gasteiger partial charge in [-0.25, -0.2) is 5.10 Å². The van der Waals surface area contributed by atoms with E-state index in [0.717, 1.165) is 37.9 Å². The van der Waals surface area contributed by atoms with Crippen molar-refractivity contribution >= 4 is 18.2 Å². The quantitative estimate of drug-likeness (QED) is 0.203. The Bertz CT molecular complexity index is 624. The highest BCUT2D eigenvalue weighted by Crippen LogP contribution is 2.14. The number of aryl methyl sites for hydroxylation is 1. The van der Waals surface area contributed by atoms with Gasteiger partial charge in [0, 0.05) is 19.3 Å². The van der Waals surface area contributed by atoms with E-state index >= 15 is 0 Å². The summed E-state index contributed by atoms with van der Waals surface area (Å²) in [5, 5.41) is 25.0. The summed E-state index contributed by atoms with van der Waals surface area (Å²) < 4.78 is 0. The van der Waals surface area contributed by atoms with E-state index < -0.39 is 12.0 Å². The average Bonchev–Trinajstić information content (AvgIpc) is 3.32. The molecule has 0 aliphatic rings. The number of tetrazole rings is 1. The molecule has 1 radical (unpaired) electrons. The van der Waals surface area contributed by atoms with E-state index in [1.807, 2.05) is 0 Å². The number of carbonyl (C=O) groups excluding carboxylic acids is 2. The minimum Gasteiger partial charge on any atom is -0.481 e. The minimum absolute atomic E-state index is 0.0915. The van der Waals surface area contributed by atoms with Crippen LogP contribution in [0.2, 0.25) is 0 Å². The number of aromatic amines is 1. The Morgan fingerprint density at radius 2 is 1.33 bits per heavy atom. The molecule has 33 heavy (non-hydrogen) atoms. The fourth-order valence-electron chi connectivity index (χ4n) is 3.86. The van der Waals surface area contributed by atoms with Gasteiger partial charge in [-0.15, -0.1) is 5.10 Å².